The summed E-state index contributed by atoms with van der Waals surface area (Å²) in [6, 6.07) is -0.964. The van der Waals surface area contributed by atoms with E-state index in [2.05, 4.69) is 20.9 Å². The van der Waals surface area contributed by atoms with Gasteiger partial charge >= 0.3 is 0 Å². The van der Waals surface area contributed by atoms with Gasteiger partial charge in [-0.3, -0.25) is 24.1 Å². The molecular weight excluding hydrogens is 400 g/mol. The Morgan fingerprint density at radius 1 is 1.03 bits per heavy atom. The van der Waals surface area contributed by atoms with Crippen LogP contribution in [0.15, 0.2) is 0 Å². The lowest BCUT2D eigenvalue weighted by atomic mass is 9.84. The molecular formula is C21H34N6O4. The van der Waals surface area contributed by atoms with Gasteiger partial charge in [0.1, 0.15) is 6.04 Å². The van der Waals surface area contributed by atoms with E-state index in [4.69, 9.17) is 5.73 Å². The van der Waals surface area contributed by atoms with Crippen LogP contribution in [-0.4, -0.2) is 89.8 Å². The first-order chi connectivity index (χ1) is 14.9. The lowest BCUT2D eigenvalue weighted by Crippen LogP contribution is -2.60. The monoisotopic (exact) mass is 434 g/mol. The van der Waals surface area contributed by atoms with Gasteiger partial charge in [0.05, 0.1) is 18.0 Å². The molecule has 10 nitrogen and oxygen atoms in total. The van der Waals surface area contributed by atoms with Crippen molar-refractivity contribution in [3.8, 4) is 0 Å². The lowest BCUT2D eigenvalue weighted by molar-refractivity contribution is -0.136. The van der Waals surface area contributed by atoms with Gasteiger partial charge in [-0.1, -0.05) is 0 Å². The Morgan fingerprint density at radius 3 is 2.42 bits per heavy atom. The smallest absolute Gasteiger partial charge is 0.240 e. The fourth-order valence-electron chi connectivity index (χ4n) is 5.63. The number of carbonyl (C=O) groups is 4. The van der Waals surface area contributed by atoms with Crippen molar-refractivity contribution in [2.45, 2.75) is 75.0 Å². The minimum Gasteiger partial charge on any atom is -0.368 e. The molecule has 0 aromatic heterocycles. The summed E-state index contributed by atoms with van der Waals surface area (Å²) in [7, 11) is 0. The van der Waals surface area contributed by atoms with E-state index >= 15 is 0 Å². The van der Waals surface area contributed by atoms with Crippen LogP contribution >= 0.6 is 0 Å². The van der Waals surface area contributed by atoms with Gasteiger partial charge in [0.2, 0.25) is 23.6 Å². The number of piperidine rings is 2. The van der Waals surface area contributed by atoms with Gasteiger partial charge < -0.3 is 26.6 Å². The highest BCUT2D eigenvalue weighted by Gasteiger charge is 2.43. The second-order valence-corrected chi connectivity index (χ2v) is 9.43. The number of rotatable bonds is 1. The number of hydrogen-bond donors (Lipinski definition) is 4. The molecule has 0 radical (unpaired) electrons. The molecule has 0 unspecified atom stereocenters. The van der Waals surface area contributed by atoms with E-state index in [1.807, 2.05) is 0 Å². The van der Waals surface area contributed by atoms with Crippen molar-refractivity contribution >= 4 is 23.6 Å². The van der Waals surface area contributed by atoms with E-state index in [-0.39, 0.29) is 42.6 Å². The highest BCUT2D eigenvalue weighted by Crippen LogP contribution is 2.29. The van der Waals surface area contributed by atoms with Crippen LogP contribution in [0.1, 0.15) is 51.4 Å². The highest BCUT2D eigenvalue weighted by molar-refractivity contribution is 5.92. The van der Waals surface area contributed by atoms with Crippen LogP contribution in [0.2, 0.25) is 0 Å². The zero-order valence-corrected chi connectivity index (χ0v) is 18.0. The molecule has 5 N–H and O–H groups in total. The maximum Gasteiger partial charge on any atom is 0.240 e. The van der Waals surface area contributed by atoms with Gasteiger partial charge in [-0.25, -0.2) is 0 Å². The summed E-state index contributed by atoms with van der Waals surface area (Å²) < 4.78 is 0. The predicted octanol–water partition coefficient (Wildman–Crippen LogP) is -1.56. The number of primary amides is 1. The topological polar surface area (TPSA) is 137 Å². The van der Waals surface area contributed by atoms with Gasteiger partial charge in [-0.2, -0.15) is 0 Å². The number of hydrogen-bond acceptors (Lipinski definition) is 6. The molecule has 1 spiro atoms. The van der Waals surface area contributed by atoms with E-state index < -0.39 is 17.5 Å². The molecule has 0 aromatic rings. The Bertz CT molecular complexity index is 729. The quantitative estimate of drug-likeness (QED) is 0.394. The molecule has 2 atom stereocenters. The summed E-state index contributed by atoms with van der Waals surface area (Å²) in [5.41, 5.74) is 4.83. The van der Waals surface area contributed by atoms with Crippen molar-refractivity contribution in [3.63, 3.8) is 0 Å². The van der Waals surface area contributed by atoms with Gasteiger partial charge in [-0.15, -0.1) is 0 Å². The second-order valence-electron chi connectivity index (χ2n) is 9.43. The first kappa shape index (κ1) is 22.0. The van der Waals surface area contributed by atoms with E-state index in [1.54, 1.807) is 4.90 Å². The molecule has 31 heavy (non-hydrogen) atoms. The fraction of sp³-hybridized carbons (Fsp3) is 0.810. The van der Waals surface area contributed by atoms with E-state index in [1.165, 1.54) is 0 Å². The van der Waals surface area contributed by atoms with Crippen molar-refractivity contribution in [3.05, 3.63) is 0 Å². The molecule has 5 fully saturated rings. The standard InChI is InChI=1S/C21H34N6O4/c22-19(30)15-12-18(29)26-10-3-14(4-11-26)27-9-1-2-16(27)20(31)25-21(13-17(28)24-15)5-7-23-8-6-21/h14-16,23H,1-13H2,(H2,22,30)(H,24,28)(H,25,31)/t15-,16-/m0/s1. The van der Waals surface area contributed by atoms with Gasteiger partial charge in [0.15, 0.2) is 0 Å². The fourth-order valence-corrected chi connectivity index (χ4v) is 5.63. The number of carbonyl (C=O) groups excluding carboxylic acids is 4. The largest absolute Gasteiger partial charge is 0.368 e. The summed E-state index contributed by atoms with van der Waals surface area (Å²) in [4.78, 5) is 55.0. The molecule has 2 bridgehead atoms. The molecule has 10 heteroatoms. The van der Waals surface area contributed by atoms with Crippen LogP contribution in [0.4, 0.5) is 0 Å². The summed E-state index contributed by atoms with van der Waals surface area (Å²) >= 11 is 0. The minimum absolute atomic E-state index is 0.00738. The van der Waals surface area contributed by atoms with Gasteiger partial charge in [-0.05, 0) is 58.2 Å². The minimum atomic E-state index is -1.04. The molecule has 5 aliphatic heterocycles. The van der Waals surface area contributed by atoms with Crippen LogP contribution < -0.4 is 21.7 Å². The molecule has 5 saturated heterocycles. The summed E-state index contributed by atoms with van der Waals surface area (Å²) in [5, 5.41) is 9.18. The van der Waals surface area contributed by atoms with Crippen molar-refractivity contribution in [1.29, 1.82) is 0 Å². The van der Waals surface area contributed by atoms with Crippen LogP contribution in [0.3, 0.4) is 0 Å². The second kappa shape index (κ2) is 9.12. The number of fused-ring (bicyclic) bond motifs is 8. The van der Waals surface area contributed by atoms with Crippen molar-refractivity contribution < 1.29 is 19.2 Å². The molecule has 0 aliphatic carbocycles. The van der Waals surface area contributed by atoms with Crippen LogP contribution in [-0.2, 0) is 19.2 Å². The van der Waals surface area contributed by atoms with Crippen LogP contribution in [0, 0.1) is 0 Å². The molecule has 5 aliphatic rings. The molecule has 0 aromatic carbocycles. The van der Waals surface area contributed by atoms with E-state index in [0.717, 1.165) is 32.2 Å². The Hall–Kier alpha value is -2.20. The Labute approximate surface area is 182 Å². The first-order valence-electron chi connectivity index (χ1n) is 11.5. The zero-order chi connectivity index (χ0) is 22.0. The lowest BCUT2D eigenvalue weighted by Gasteiger charge is -2.41. The maximum absolute atomic E-state index is 13.4. The SMILES string of the molecule is NC(=O)[C@@H]1CC(=O)N2CCC(CC2)N2CCC[C@H]2C(=O)NC2(CCNCC2)CC(=O)N1. The van der Waals surface area contributed by atoms with Gasteiger partial charge in [0.25, 0.3) is 0 Å². The predicted molar refractivity (Wildman–Crippen MR) is 113 cm³/mol. The van der Waals surface area contributed by atoms with Crippen LogP contribution in [0.5, 0.6) is 0 Å². The first-order valence-corrected chi connectivity index (χ1v) is 11.5. The maximum atomic E-state index is 13.4. The molecule has 4 amide bonds. The third-order valence-electron chi connectivity index (χ3n) is 7.39. The van der Waals surface area contributed by atoms with Crippen molar-refractivity contribution in [1.82, 2.24) is 25.8 Å². The van der Waals surface area contributed by atoms with Crippen molar-refractivity contribution in [2.75, 3.05) is 32.7 Å². The average molecular weight is 435 g/mol. The summed E-state index contributed by atoms with van der Waals surface area (Å²) in [6.45, 7) is 3.47. The average Bonchev–Trinajstić information content (AvgIpc) is 3.23. The number of nitrogens with two attached hydrogens (primary N) is 1. The molecule has 5 heterocycles. The third kappa shape index (κ3) is 4.85. The molecule has 0 saturated carbocycles. The Morgan fingerprint density at radius 2 is 1.74 bits per heavy atom. The zero-order valence-electron chi connectivity index (χ0n) is 18.0. The van der Waals surface area contributed by atoms with Gasteiger partial charge in [0, 0.05) is 25.6 Å². The number of nitrogens with zero attached hydrogens (tertiary/aromatic N) is 2. The molecule has 5 rings (SSSR count). The van der Waals surface area contributed by atoms with Crippen LogP contribution in [0.25, 0.3) is 0 Å². The number of amides is 4. The van der Waals surface area contributed by atoms with E-state index in [0.29, 0.717) is 39.0 Å². The third-order valence-corrected chi connectivity index (χ3v) is 7.39. The number of nitrogens with one attached hydrogen (secondary N) is 3. The Balaban J connectivity index is 1.61. The normalized spacial score (nSPS) is 31.0. The summed E-state index contributed by atoms with van der Waals surface area (Å²) in [6.07, 6.45) is 4.61. The summed E-state index contributed by atoms with van der Waals surface area (Å²) in [5.74, 6) is -1.26. The molecule has 172 valence electrons. The van der Waals surface area contributed by atoms with Crippen molar-refractivity contribution in [2.24, 2.45) is 5.73 Å². The van der Waals surface area contributed by atoms with E-state index in [9.17, 15) is 19.2 Å². The highest BCUT2D eigenvalue weighted by atomic mass is 16.2. The Kier molecular flexibility index (Phi) is 6.47.